The number of nitrogens with zero attached hydrogens (tertiary/aromatic N) is 2. The lowest BCUT2D eigenvalue weighted by Crippen LogP contribution is -3.14. The van der Waals surface area contributed by atoms with Gasteiger partial charge in [-0.1, -0.05) is 12.1 Å². The van der Waals surface area contributed by atoms with Crippen molar-refractivity contribution in [3.05, 3.63) is 46.9 Å². The first-order valence-electron chi connectivity index (χ1n) is 9.22. The molecule has 1 aliphatic rings. The third kappa shape index (κ3) is 6.76. The molecule has 0 aromatic heterocycles. The highest BCUT2D eigenvalue weighted by atomic mass is 16.4. The molecule has 1 aliphatic heterocycles. The molecule has 7 heteroatoms. The Balaban J connectivity index is 1.80. The van der Waals surface area contributed by atoms with Crippen molar-refractivity contribution >= 4 is 18.0 Å². The van der Waals surface area contributed by atoms with E-state index in [1.54, 1.807) is 23.1 Å². The summed E-state index contributed by atoms with van der Waals surface area (Å²) in [6.07, 6.45) is 4.39. The number of carboxylic acids is 1. The van der Waals surface area contributed by atoms with Crippen LogP contribution in [-0.2, 0) is 9.59 Å². The van der Waals surface area contributed by atoms with E-state index in [-0.39, 0.29) is 23.8 Å². The number of phenols is 1. The first-order valence-corrected chi connectivity index (χ1v) is 9.22. The fourth-order valence-electron chi connectivity index (χ4n) is 3.14. The third-order valence-corrected chi connectivity index (χ3v) is 4.71. The van der Waals surface area contributed by atoms with Crippen LogP contribution in [0.3, 0.4) is 0 Å². The normalized spacial score (nSPS) is 15.4. The molecule has 0 unspecified atom stereocenters. The minimum atomic E-state index is -0.745. The van der Waals surface area contributed by atoms with Crippen molar-refractivity contribution in [2.45, 2.75) is 25.7 Å². The molecule has 0 saturated carbocycles. The van der Waals surface area contributed by atoms with Gasteiger partial charge in [-0.2, -0.15) is 0 Å². The van der Waals surface area contributed by atoms with Crippen LogP contribution in [-0.4, -0.2) is 59.7 Å². The van der Waals surface area contributed by atoms with E-state index in [0.29, 0.717) is 25.1 Å². The number of benzene rings is 1. The number of piperazine rings is 1. The summed E-state index contributed by atoms with van der Waals surface area (Å²) in [7, 11) is 0. The van der Waals surface area contributed by atoms with Crippen molar-refractivity contribution in [1.29, 1.82) is 0 Å². The average molecular weight is 372 g/mol. The maximum Gasteiger partial charge on any atom is 0.303 e. The van der Waals surface area contributed by atoms with Gasteiger partial charge in [0.05, 0.1) is 39.3 Å². The Morgan fingerprint density at radius 3 is 2.41 bits per heavy atom. The van der Waals surface area contributed by atoms with E-state index in [9.17, 15) is 14.7 Å². The summed E-state index contributed by atoms with van der Waals surface area (Å²) in [5, 5.41) is 18.0. The number of carboxylic acid groups (broad SMARTS) is 1. The van der Waals surface area contributed by atoms with E-state index >= 15 is 0 Å². The van der Waals surface area contributed by atoms with Crippen LogP contribution in [0.5, 0.6) is 5.75 Å². The predicted octanol–water partition coefficient (Wildman–Crippen LogP) is 1.02. The van der Waals surface area contributed by atoms with E-state index in [1.807, 2.05) is 0 Å². The summed E-state index contributed by atoms with van der Waals surface area (Å²) in [5.74, 6) is -0.853. The Labute approximate surface area is 159 Å². The third-order valence-electron chi connectivity index (χ3n) is 4.71. The molecule has 1 fully saturated rings. The summed E-state index contributed by atoms with van der Waals surface area (Å²) in [5.41, 5.74) is 0.788. The molecule has 0 radical (unpaired) electrons. The number of hydrogen-bond acceptors (Lipinski definition) is 3. The summed E-state index contributed by atoms with van der Waals surface area (Å²) in [6, 6.07) is 6.38. The van der Waals surface area contributed by atoms with Crippen LogP contribution in [0.2, 0.25) is 0 Å². The van der Waals surface area contributed by atoms with Crippen LogP contribution < -0.4 is 4.90 Å². The molecule has 3 N–H and O–H groups in total. The summed E-state index contributed by atoms with van der Waals surface area (Å²) < 4.78 is 0. The number of quaternary nitrogens is 1. The Morgan fingerprint density at radius 2 is 1.81 bits per heavy atom. The van der Waals surface area contributed by atoms with Gasteiger partial charge in [0.2, 0.25) is 0 Å². The van der Waals surface area contributed by atoms with Crippen LogP contribution in [0.25, 0.3) is 10.9 Å². The summed E-state index contributed by atoms with van der Waals surface area (Å²) in [4.78, 5) is 29.6. The highest BCUT2D eigenvalue weighted by Gasteiger charge is 2.25. The number of hydrogen-bond donors (Lipinski definition) is 3. The quantitative estimate of drug-likeness (QED) is 0.361. The Morgan fingerprint density at radius 1 is 1.15 bits per heavy atom. The minimum Gasteiger partial charge on any atom is -0.508 e. The monoisotopic (exact) mass is 372 g/mol. The van der Waals surface area contributed by atoms with E-state index in [0.717, 1.165) is 32.5 Å². The van der Waals surface area contributed by atoms with Crippen molar-refractivity contribution in [3.8, 4) is 5.75 Å². The van der Waals surface area contributed by atoms with Crippen molar-refractivity contribution < 1.29 is 24.7 Å². The number of aliphatic carboxylic acids is 1. The summed E-state index contributed by atoms with van der Waals surface area (Å²) >= 11 is 0. The van der Waals surface area contributed by atoms with Crippen LogP contribution in [0.15, 0.2) is 30.0 Å². The zero-order chi connectivity index (χ0) is 19.6. The predicted molar refractivity (Wildman–Crippen MR) is 101 cm³/mol. The Hall–Kier alpha value is -2.85. The van der Waals surface area contributed by atoms with Crippen molar-refractivity contribution in [2.75, 3.05) is 32.7 Å². The number of rotatable bonds is 8. The second-order valence-corrected chi connectivity index (χ2v) is 6.73. The van der Waals surface area contributed by atoms with E-state index in [2.05, 4.69) is 4.85 Å². The van der Waals surface area contributed by atoms with Gasteiger partial charge in [0, 0.05) is 6.42 Å². The molecular formula is C20H26N3O4+. The SMILES string of the molecule is [C-]#[N+]/C(=C\c1ccc(O)cc1)C(=O)N1CC[NH+](CCCCCC(=O)O)CC1. The molecule has 144 valence electrons. The van der Waals surface area contributed by atoms with Crippen LogP contribution in [0.1, 0.15) is 31.2 Å². The molecule has 0 bridgehead atoms. The Kier molecular flexibility index (Phi) is 7.83. The van der Waals surface area contributed by atoms with Gasteiger partial charge in [-0.25, -0.2) is 4.85 Å². The average Bonchev–Trinajstić information content (AvgIpc) is 2.67. The van der Waals surface area contributed by atoms with Crippen molar-refractivity contribution in [1.82, 2.24) is 4.90 Å². The van der Waals surface area contributed by atoms with Crippen molar-refractivity contribution in [3.63, 3.8) is 0 Å². The van der Waals surface area contributed by atoms with Gasteiger partial charge in [-0.15, -0.1) is 0 Å². The fourth-order valence-corrected chi connectivity index (χ4v) is 3.14. The number of aromatic hydroxyl groups is 1. The number of carbonyl (C=O) groups is 2. The van der Waals surface area contributed by atoms with E-state index in [4.69, 9.17) is 11.7 Å². The topological polar surface area (TPSA) is 86.6 Å². The van der Waals surface area contributed by atoms with E-state index < -0.39 is 5.97 Å². The molecule has 1 aromatic rings. The lowest BCUT2D eigenvalue weighted by molar-refractivity contribution is -0.904. The standard InChI is InChI=1S/C20H25N3O4/c1-21-18(15-16-6-8-17(24)9-7-16)20(27)23-13-11-22(12-14-23)10-4-2-3-5-19(25)26/h6-9,15,24H,2-5,10-14H2,(H,25,26)/p+1/b18-15-. The maximum absolute atomic E-state index is 12.6. The van der Waals surface area contributed by atoms with Crippen LogP contribution in [0.4, 0.5) is 0 Å². The molecule has 27 heavy (non-hydrogen) atoms. The number of unbranched alkanes of at least 4 members (excludes halogenated alkanes) is 2. The number of carbonyl (C=O) groups excluding carboxylic acids is 1. The number of phenolic OH excluding ortho intramolecular Hbond substituents is 1. The van der Waals surface area contributed by atoms with Crippen LogP contribution in [0, 0.1) is 6.57 Å². The van der Waals surface area contributed by atoms with Crippen LogP contribution >= 0.6 is 0 Å². The van der Waals surface area contributed by atoms with Crippen molar-refractivity contribution in [2.24, 2.45) is 0 Å². The smallest absolute Gasteiger partial charge is 0.303 e. The van der Waals surface area contributed by atoms with Gasteiger partial charge in [0.15, 0.2) is 0 Å². The highest BCUT2D eigenvalue weighted by molar-refractivity contribution is 5.99. The number of amides is 1. The molecule has 0 aliphatic carbocycles. The zero-order valence-electron chi connectivity index (χ0n) is 15.4. The first kappa shape index (κ1) is 20.5. The highest BCUT2D eigenvalue weighted by Crippen LogP contribution is 2.15. The second-order valence-electron chi connectivity index (χ2n) is 6.73. The first-order chi connectivity index (χ1) is 13.0. The lowest BCUT2D eigenvalue weighted by atomic mass is 10.1. The molecule has 0 atom stereocenters. The fraction of sp³-hybridized carbons (Fsp3) is 0.450. The molecule has 0 spiro atoms. The molecule has 1 aromatic carbocycles. The largest absolute Gasteiger partial charge is 0.508 e. The second kappa shape index (κ2) is 10.3. The minimum absolute atomic E-state index is 0.0813. The van der Waals surface area contributed by atoms with Gasteiger partial charge < -0.3 is 20.0 Å². The molecule has 1 heterocycles. The maximum atomic E-state index is 12.6. The molecule has 1 amide bonds. The zero-order valence-corrected chi connectivity index (χ0v) is 15.4. The molecule has 2 rings (SSSR count). The summed E-state index contributed by atoms with van der Waals surface area (Å²) in [6.45, 7) is 11.2. The molecular weight excluding hydrogens is 346 g/mol. The Bertz CT molecular complexity index is 714. The van der Waals surface area contributed by atoms with Gasteiger partial charge in [0.25, 0.3) is 11.6 Å². The molecule has 1 saturated heterocycles. The number of nitrogens with one attached hydrogen (secondary N) is 1. The molecule has 7 nitrogen and oxygen atoms in total. The van der Waals surface area contributed by atoms with Gasteiger partial charge in [-0.05, 0) is 43.0 Å². The van der Waals surface area contributed by atoms with E-state index in [1.165, 1.54) is 17.0 Å². The van der Waals surface area contributed by atoms with Gasteiger partial charge in [-0.3, -0.25) is 9.59 Å². The lowest BCUT2D eigenvalue weighted by Gasteiger charge is -2.32. The van der Waals surface area contributed by atoms with Gasteiger partial charge in [0.1, 0.15) is 5.75 Å². The van der Waals surface area contributed by atoms with Gasteiger partial charge >= 0.3 is 5.97 Å².